The van der Waals surface area contributed by atoms with Crippen molar-refractivity contribution >= 4 is 17.3 Å². The lowest BCUT2D eigenvalue weighted by Gasteiger charge is -2.26. The summed E-state index contributed by atoms with van der Waals surface area (Å²) in [5.41, 5.74) is -0.480. The summed E-state index contributed by atoms with van der Waals surface area (Å²) < 4.78 is 19.0. The first kappa shape index (κ1) is 15.0. The van der Waals surface area contributed by atoms with Crippen molar-refractivity contribution in [2.24, 2.45) is 5.92 Å². The van der Waals surface area contributed by atoms with Gasteiger partial charge < -0.3 is 14.7 Å². The number of hydrogen-bond acceptors (Lipinski definition) is 5. The van der Waals surface area contributed by atoms with E-state index >= 15 is 0 Å². The van der Waals surface area contributed by atoms with E-state index in [1.807, 2.05) is 0 Å². The highest BCUT2D eigenvalue weighted by Gasteiger charge is 2.38. The lowest BCUT2D eigenvalue weighted by Crippen LogP contribution is -2.39. The molecule has 2 atom stereocenters. The fourth-order valence-electron chi connectivity index (χ4n) is 2.65. The van der Waals surface area contributed by atoms with Crippen LogP contribution in [0.2, 0.25) is 0 Å². The molecular weight excluding hydrogens is 283 g/mol. The average Bonchev–Trinajstić information content (AvgIpc) is 2.80. The molecule has 1 N–H and O–H groups in total. The smallest absolute Gasteiger partial charge is 0.326 e. The largest absolute Gasteiger partial charge is 0.490 e. The molecule has 114 valence electrons. The van der Waals surface area contributed by atoms with Gasteiger partial charge in [-0.25, -0.2) is 9.18 Å². The van der Waals surface area contributed by atoms with E-state index < -0.39 is 28.4 Å². The second-order valence-electron chi connectivity index (χ2n) is 4.98. The van der Waals surface area contributed by atoms with Crippen molar-refractivity contribution in [1.82, 2.24) is 0 Å². The minimum atomic E-state index is -1.04. The van der Waals surface area contributed by atoms with Crippen molar-refractivity contribution in [1.29, 1.82) is 0 Å². The fourth-order valence-corrected chi connectivity index (χ4v) is 2.65. The van der Waals surface area contributed by atoms with Crippen LogP contribution in [0.4, 0.5) is 15.8 Å². The average molecular weight is 298 g/mol. The molecular formula is C13H15FN2O5. The van der Waals surface area contributed by atoms with Crippen LogP contribution in [0, 0.1) is 21.8 Å². The van der Waals surface area contributed by atoms with Crippen LogP contribution in [-0.4, -0.2) is 35.7 Å². The number of halogens is 1. The number of methoxy groups -OCH3 is 1. The molecule has 0 saturated carbocycles. The van der Waals surface area contributed by atoms with Crippen molar-refractivity contribution < 1.29 is 24.0 Å². The van der Waals surface area contributed by atoms with E-state index in [4.69, 9.17) is 4.74 Å². The summed E-state index contributed by atoms with van der Waals surface area (Å²) >= 11 is 0. The number of carboxylic acids is 1. The zero-order valence-corrected chi connectivity index (χ0v) is 11.6. The van der Waals surface area contributed by atoms with Gasteiger partial charge in [0.1, 0.15) is 6.04 Å². The molecule has 1 aliphatic rings. The second kappa shape index (κ2) is 5.55. The van der Waals surface area contributed by atoms with E-state index in [0.29, 0.717) is 13.0 Å². The predicted molar refractivity (Wildman–Crippen MR) is 72.2 cm³/mol. The van der Waals surface area contributed by atoms with E-state index in [1.54, 1.807) is 6.92 Å². The normalized spacial score (nSPS) is 21.4. The van der Waals surface area contributed by atoms with Gasteiger partial charge in [0, 0.05) is 12.6 Å². The quantitative estimate of drug-likeness (QED) is 0.675. The van der Waals surface area contributed by atoms with E-state index in [0.717, 1.165) is 6.07 Å². The highest BCUT2D eigenvalue weighted by atomic mass is 19.1. The van der Waals surface area contributed by atoms with Crippen LogP contribution in [0.5, 0.6) is 5.75 Å². The van der Waals surface area contributed by atoms with E-state index in [-0.39, 0.29) is 17.4 Å². The molecule has 0 aliphatic carbocycles. The number of hydrogen-bond donors (Lipinski definition) is 1. The van der Waals surface area contributed by atoms with Gasteiger partial charge in [0.05, 0.1) is 23.8 Å². The van der Waals surface area contributed by atoms with Crippen molar-refractivity contribution in [3.63, 3.8) is 0 Å². The number of nitrogens with zero attached hydrogens (tertiary/aromatic N) is 2. The highest BCUT2D eigenvalue weighted by Crippen LogP contribution is 2.38. The summed E-state index contributed by atoms with van der Waals surface area (Å²) in [6, 6.07) is 1.09. The van der Waals surface area contributed by atoms with Gasteiger partial charge >= 0.3 is 11.7 Å². The number of nitro groups is 1. The Balaban J connectivity index is 2.49. The molecule has 0 aromatic heterocycles. The van der Waals surface area contributed by atoms with Crippen LogP contribution in [0.15, 0.2) is 12.1 Å². The summed E-state index contributed by atoms with van der Waals surface area (Å²) in [7, 11) is 1.24. The van der Waals surface area contributed by atoms with E-state index in [1.165, 1.54) is 18.1 Å². The van der Waals surface area contributed by atoms with Gasteiger partial charge in [-0.15, -0.1) is 0 Å². The molecule has 1 saturated heterocycles. The Morgan fingerprint density at radius 2 is 2.24 bits per heavy atom. The van der Waals surface area contributed by atoms with Crippen molar-refractivity contribution in [3.8, 4) is 5.75 Å². The van der Waals surface area contributed by atoms with E-state index in [2.05, 4.69) is 0 Å². The number of nitro benzene ring substituents is 1. The maximum Gasteiger partial charge on any atom is 0.326 e. The van der Waals surface area contributed by atoms with Crippen LogP contribution in [0.3, 0.4) is 0 Å². The Labute approximate surface area is 120 Å². The number of carbonyl (C=O) groups is 1. The van der Waals surface area contributed by atoms with Crippen molar-refractivity contribution in [2.75, 3.05) is 18.6 Å². The summed E-state index contributed by atoms with van der Waals surface area (Å²) in [4.78, 5) is 22.8. The first-order chi connectivity index (χ1) is 9.86. The standard InChI is InChI=1S/C13H15FN2O5/c1-7-3-4-15(12(7)13(17)18)9-6-11(21-2)10(16(19)20)5-8(9)14/h5-7,12H,3-4H2,1-2H3,(H,17,18). The highest BCUT2D eigenvalue weighted by molar-refractivity contribution is 5.80. The zero-order valence-electron chi connectivity index (χ0n) is 11.6. The van der Waals surface area contributed by atoms with Gasteiger partial charge in [-0.1, -0.05) is 6.92 Å². The Morgan fingerprint density at radius 3 is 2.76 bits per heavy atom. The first-order valence-corrected chi connectivity index (χ1v) is 6.38. The number of benzene rings is 1. The Bertz CT molecular complexity index is 592. The van der Waals surface area contributed by atoms with Gasteiger partial charge in [-0.3, -0.25) is 10.1 Å². The third-order valence-corrected chi connectivity index (χ3v) is 3.71. The molecule has 0 radical (unpaired) electrons. The lowest BCUT2D eigenvalue weighted by atomic mass is 10.0. The molecule has 1 aromatic carbocycles. The monoisotopic (exact) mass is 298 g/mol. The maximum absolute atomic E-state index is 14.1. The number of carboxylic acid groups (broad SMARTS) is 1. The number of anilines is 1. The molecule has 8 heteroatoms. The molecule has 1 aromatic rings. The summed E-state index contributed by atoms with van der Waals surface area (Å²) in [5.74, 6) is -2.11. The SMILES string of the molecule is COc1cc(N2CCC(C)C2C(=O)O)c(F)cc1[N+](=O)[O-]. The molecule has 2 rings (SSSR count). The maximum atomic E-state index is 14.1. The molecule has 0 bridgehead atoms. The molecule has 21 heavy (non-hydrogen) atoms. The third kappa shape index (κ3) is 2.61. The third-order valence-electron chi connectivity index (χ3n) is 3.71. The lowest BCUT2D eigenvalue weighted by molar-refractivity contribution is -0.385. The number of rotatable bonds is 4. The molecule has 0 spiro atoms. The minimum absolute atomic E-state index is 0.00852. The second-order valence-corrected chi connectivity index (χ2v) is 4.98. The van der Waals surface area contributed by atoms with Crippen LogP contribution < -0.4 is 9.64 Å². The van der Waals surface area contributed by atoms with Gasteiger partial charge in [-0.05, 0) is 12.3 Å². The predicted octanol–water partition coefficient (Wildman–Crippen LogP) is 2.04. The molecule has 1 heterocycles. The minimum Gasteiger partial charge on any atom is -0.490 e. The Hall–Kier alpha value is -2.38. The molecule has 1 aliphatic heterocycles. The zero-order chi connectivity index (χ0) is 15.7. The summed E-state index contributed by atoms with van der Waals surface area (Å²) in [6.45, 7) is 2.15. The van der Waals surface area contributed by atoms with Crippen molar-refractivity contribution in [2.45, 2.75) is 19.4 Å². The summed E-state index contributed by atoms with van der Waals surface area (Å²) in [5, 5.41) is 20.1. The summed E-state index contributed by atoms with van der Waals surface area (Å²) in [6.07, 6.45) is 0.607. The fraction of sp³-hybridized carbons (Fsp3) is 0.462. The molecule has 1 fully saturated rings. The Kier molecular flexibility index (Phi) is 3.97. The number of ether oxygens (including phenoxy) is 1. The molecule has 0 amide bonds. The van der Waals surface area contributed by atoms with Crippen LogP contribution in [0.25, 0.3) is 0 Å². The molecule has 7 nitrogen and oxygen atoms in total. The topological polar surface area (TPSA) is 92.9 Å². The Morgan fingerprint density at radius 1 is 1.57 bits per heavy atom. The van der Waals surface area contributed by atoms with Crippen molar-refractivity contribution in [3.05, 3.63) is 28.1 Å². The first-order valence-electron chi connectivity index (χ1n) is 6.38. The van der Waals surface area contributed by atoms with Gasteiger partial charge in [0.15, 0.2) is 11.6 Å². The van der Waals surface area contributed by atoms with Crippen LogP contribution >= 0.6 is 0 Å². The number of aliphatic carboxylic acids is 1. The van der Waals surface area contributed by atoms with E-state index in [9.17, 15) is 24.4 Å². The molecule has 2 unspecified atom stereocenters. The van der Waals surface area contributed by atoms with Gasteiger partial charge in [0.2, 0.25) is 0 Å². The van der Waals surface area contributed by atoms with Crippen LogP contribution in [-0.2, 0) is 4.79 Å². The van der Waals surface area contributed by atoms with Gasteiger partial charge in [0.25, 0.3) is 0 Å². The van der Waals surface area contributed by atoms with Gasteiger partial charge in [-0.2, -0.15) is 0 Å². The van der Waals surface area contributed by atoms with Crippen LogP contribution in [0.1, 0.15) is 13.3 Å².